The molecule has 2 aromatic carbocycles. The van der Waals surface area contributed by atoms with Gasteiger partial charge in [0.1, 0.15) is 0 Å². The fraction of sp³-hybridized carbons (Fsp3) is 0.333. The summed E-state index contributed by atoms with van der Waals surface area (Å²) in [5, 5.41) is 5.95. The molecule has 0 saturated heterocycles. The number of anilines is 2. The summed E-state index contributed by atoms with van der Waals surface area (Å²) in [5.74, 6) is -0.239. The molecular formula is C21H25ClN2O2. The van der Waals surface area contributed by atoms with Crippen LogP contribution in [0.1, 0.15) is 39.2 Å². The first-order valence-corrected chi connectivity index (χ1v) is 9.08. The molecule has 2 aromatic rings. The van der Waals surface area contributed by atoms with Crippen molar-refractivity contribution in [2.45, 2.75) is 40.0 Å². The van der Waals surface area contributed by atoms with Gasteiger partial charge in [0.2, 0.25) is 11.8 Å². The third-order valence-electron chi connectivity index (χ3n) is 4.26. The SMILES string of the molecule is CC(=O)Nc1ccc(NC(=O)C(C)(C)CCCc2ccccc2)c(Cl)c1. The number of carbonyl (C=O) groups excluding carboxylic acids is 2. The fourth-order valence-corrected chi connectivity index (χ4v) is 2.91. The summed E-state index contributed by atoms with van der Waals surface area (Å²) in [4.78, 5) is 23.7. The van der Waals surface area contributed by atoms with E-state index in [4.69, 9.17) is 11.6 Å². The lowest BCUT2D eigenvalue weighted by atomic mass is 9.85. The molecule has 0 atom stereocenters. The zero-order chi connectivity index (χ0) is 19.2. The van der Waals surface area contributed by atoms with Gasteiger partial charge in [-0.25, -0.2) is 0 Å². The predicted octanol–water partition coefficient (Wildman–Crippen LogP) is 5.29. The standard InChI is InChI=1S/C21H25ClN2O2/c1-15(25)23-17-11-12-19(18(22)14-17)24-20(26)21(2,3)13-7-10-16-8-5-4-6-9-16/h4-6,8-9,11-12,14H,7,10,13H2,1-3H3,(H,23,25)(H,24,26). The average molecular weight is 373 g/mol. The van der Waals surface area contributed by atoms with Crippen LogP contribution in [0.3, 0.4) is 0 Å². The maximum absolute atomic E-state index is 12.7. The first-order chi connectivity index (χ1) is 12.3. The Balaban J connectivity index is 1.93. The van der Waals surface area contributed by atoms with Gasteiger partial charge in [-0.2, -0.15) is 0 Å². The number of carbonyl (C=O) groups is 2. The van der Waals surface area contributed by atoms with E-state index in [1.54, 1.807) is 18.2 Å². The van der Waals surface area contributed by atoms with Crippen LogP contribution in [0.15, 0.2) is 48.5 Å². The number of nitrogens with one attached hydrogen (secondary N) is 2. The van der Waals surface area contributed by atoms with E-state index < -0.39 is 5.41 Å². The number of rotatable bonds is 7. The summed E-state index contributed by atoms with van der Waals surface area (Å²) >= 11 is 6.23. The number of halogens is 1. The molecule has 2 rings (SSSR count). The molecule has 0 heterocycles. The highest BCUT2D eigenvalue weighted by molar-refractivity contribution is 6.34. The highest BCUT2D eigenvalue weighted by Gasteiger charge is 2.27. The van der Waals surface area contributed by atoms with Crippen molar-refractivity contribution in [1.82, 2.24) is 0 Å². The van der Waals surface area contributed by atoms with Crippen LogP contribution < -0.4 is 10.6 Å². The molecule has 26 heavy (non-hydrogen) atoms. The lowest BCUT2D eigenvalue weighted by Crippen LogP contribution is -2.31. The van der Waals surface area contributed by atoms with Gasteiger partial charge in [0, 0.05) is 18.0 Å². The first-order valence-electron chi connectivity index (χ1n) is 8.70. The van der Waals surface area contributed by atoms with Gasteiger partial charge in [-0.3, -0.25) is 9.59 Å². The molecule has 0 aromatic heterocycles. The van der Waals surface area contributed by atoms with Crippen LogP contribution in [0.4, 0.5) is 11.4 Å². The lowest BCUT2D eigenvalue weighted by Gasteiger charge is -2.24. The van der Waals surface area contributed by atoms with Gasteiger partial charge in [-0.15, -0.1) is 0 Å². The number of benzene rings is 2. The zero-order valence-electron chi connectivity index (χ0n) is 15.4. The largest absolute Gasteiger partial charge is 0.326 e. The third-order valence-corrected chi connectivity index (χ3v) is 4.58. The van der Waals surface area contributed by atoms with E-state index in [-0.39, 0.29) is 11.8 Å². The van der Waals surface area contributed by atoms with E-state index in [0.29, 0.717) is 16.4 Å². The second-order valence-electron chi connectivity index (χ2n) is 7.05. The Labute approximate surface area is 159 Å². The molecule has 0 aliphatic carbocycles. The van der Waals surface area contributed by atoms with Gasteiger partial charge >= 0.3 is 0 Å². The normalized spacial score (nSPS) is 11.1. The maximum atomic E-state index is 12.7. The lowest BCUT2D eigenvalue weighted by molar-refractivity contribution is -0.124. The van der Waals surface area contributed by atoms with Crippen LogP contribution in [0, 0.1) is 5.41 Å². The summed E-state index contributed by atoms with van der Waals surface area (Å²) in [5.41, 5.74) is 1.92. The fourth-order valence-electron chi connectivity index (χ4n) is 2.68. The summed E-state index contributed by atoms with van der Waals surface area (Å²) < 4.78 is 0. The minimum atomic E-state index is -0.506. The quantitative estimate of drug-likeness (QED) is 0.694. The molecule has 0 saturated carbocycles. The van der Waals surface area contributed by atoms with Gasteiger partial charge < -0.3 is 10.6 Å². The second kappa shape index (κ2) is 8.86. The van der Waals surface area contributed by atoms with Crippen LogP contribution in [-0.2, 0) is 16.0 Å². The molecule has 0 bridgehead atoms. The molecule has 0 fully saturated rings. The molecule has 138 valence electrons. The van der Waals surface area contributed by atoms with Crippen molar-refractivity contribution in [2.75, 3.05) is 10.6 Å². The Morgan fingerprint density at radius 2 is 1.73 bits per heavy atom. The molecule has 4 nitrogen and oxygen atoms in total. The van der Waals surface area contributed by atoms with Crippen LogP contribution in [-0.4, -0.2) is 11.8 Å². The van der Waals surface area contributed by atoms with Crippen LogP contribution in [0.5, 0.6) is 0 Å². The van der Waals surface area contributed by atoms with Crippen LogP contribution in [0.2, 0.25) is 5.02 Å². The number of hydrogen-bond acceptors (Lipinski definition) is 2. The van der Waals surface area contributed by atoms with Gasteiger partial charge in [0.15, 0.2) is 0 Å². The molecule has 0 radical (unpaired) electrons. The molecule has 0 aliphatic heterocycles. The van der Waals surface area contributed by atoms with E-state index >= 15 is 0 Å². The Kier molecular flexibility index (Phi) is 6.81. The van der Waals surface area contributed by atoms with Crippen molar-refractivity contribution in [1.29, 1.82) is 0 Å². The van der Waals surface area contributed by atoms with E-state index in [2.05, 4.69) is 22.8 Å². The van der Waals surface area contributed by atoms with E-state index in [1.165, 1.54) is 12.5 Å². The molecule has 0 aliphatic rings. The van der Waals surface area contributed by atoms with E-state index in [0.717, 1.165) is 19.3 Å². The second-order valence-corrected chi connectivity index (χ2v) is 7.46. The molecule has 0 spiro atoms. The third kappa shape index (κ3) is 5.88. The topological polar surface area (TPSA) is 58.2 Å². The number of aryl methyl sites for hydroxylation is 1. The van der Waals surface area contributed by atoms with Crippen LogP contribution >= 0.6 is 11.6 Å². The monoisotopic (exact) mass is 372 g/mol. The molecule has 2 amide bonds. The van der Waals surface area contributed by atoms with Crippen molar-refractivity contribution >= 4 is 34.8 Å². The van der Waals surface area contributed by atoms with Crippen molar-refractivity contribution in [3.8, 4) is 0 Å². The van der Waals surface area contributed by atoms with Crippen molar-refractivity contribution in [2.24, 2.45) is 5.41 Å². The number of amides is 2. The Morgan fingerprint density at radius 1 is 1.04 bits per heavy atom. The summed E-state index contributed by atoms with van der Waals surface area (Å²) in [7, 11) is 0. The average Bonchev–Trinajstić information content (AvgIpc) is 2.57. The smallest absolute Gasteiger partial charge is 0.230 e. The van der Waals surface area contributed by atoms with Crippen molar-refractivity contribution in [3.63, 3.8) is 0 Å². The first kappa shape index (κ1) is 20.0. The van der Waals surface area contributed by atoms with Crippen LogP contribution in [0.25, 0.3) is 0 Å². The molecule has 5 heteroatoms. The van der Waals surface area contributed by atoms with Gasteiger partial charge in [-0.05, 0) is 43.0 Å². The Bertz CT molecular complexity index is 773. The van der Waals surface area contributed by atoms with Gasteiger partial charge in [0.05, 0.1) is 10.7 Å². The van der Waals surface area contributed by atoms with E-state index in [9.17, 15) is 9.59 Å². The highest BCUT2D eigenvalue weighted by atomic mass is 35.5. The van der Waals surface area contributed by atoms with Crippen molar-refractivity contribution in [3.05, 3.63) is 59.1 Å². The molecular weight excluding hydrogens is 348 g/mol. The minimum absolute atomic E-state index is 0.0697. The van der Waals surface area contributed by atoms with Crippen molar-refractivity contribution < 1.29 is 9.59 Å². The minimum Gasteiger partial charge on any atom is -0.326 e. The highest BCUT2D eigenvalue weighted by Crippen LogP contribution is 2.30. The predicted molar refractivity (Wildman–Crippen MR) is 108 cm³/mol. The number of hydrogen-bond donors (Lipinski definition) is 2. The summed E-state index contributed by atoms with van der Waals surface area (Å²) in [6.45, 7) is 5.31. The Hall–Kier alpha value is -2.33. The maximum Gasteiger partial charge on any atom is 0.230 e. The van der Waals surface area contributed by atoms with Gasteiger partial charge in [0.25, 0.3) is 0 Å². The summed E-state index contributed by atoms with van der Waals surface area (Å²) in [6, 6.07) is 15.3. The Morgan fingerprint density at radius 3 is 2.35 bits per heavy atom. The summed E-state index contributed by atoms with van der Waals surface area (Å²) in [6.07, 6.45) is 2.65. The molecule has 2 N–H and O–H groups in total. The van der Waals surface area contributed by atoms with Gasteiger partial charge in [-0.1, -0.05) is 55.8 Å². The zero-order valence-corrected chi connectivity index (χ0v) is 16.2. The molecule has 0 unspecified atom stereocenters. The van der Waals surface area contributed by atoms with E-state index in [1.807, 2.05) is 32.0 Å².